The summed E-state index contributed by atoms with van der Waals surface area (Å²) in [5, 5.41) is 32.8. The van der Waals surface area contributed by atoms with Crippen LogP contribution in [0, 0.1) is 0 Å². The third-order valence-corrected chi connectivity index (χ3v) is 3.55. The molecule has 0 saturated carbocycles. The normalized spacial score (nSPS) is 25.0. The van der Waals surface area contributed by atoms with Gasteiger partial charge in [0.15, 0.2) is 0 Å². The fourth-order valence-electron chi connectivity index (χ4n) is 1.92. The minimum Gasteiger partial charge on any atom is -0.508 e. The molecule has 1 saturated heterocycles. The molecule has 1 heterocycles. The van der Waals surface area contributed by atoms with Crippen LogP contribution in [0.15, 0.2) is 12.1 Å². The Morgan fingerprint density at radius 3 is 2.38 bits per heavy atom. The van der Waals surface area contributed by atoms with E-state index in [9.17, 15) is 23.7 Å². The lowest BCUT2D eigenvalue weighted by molar-refractivity contribution is -0.129. The first-order chi connectivity index (χ1) is 9.42. The molecule has 2 rings (SSSR count). The largest absolute Gasteiger partial charge is 0.508 e. The Bertz CT molecular complexity index is 665. The van der Waals surface area contributed by atoms with Crippen LogP contribution in [0.2, 0.25) is 0 Å². The van der Waals surface area contributed by atoms with Crippen molar-refractivity contribution in [3.05, 3.63) is 17.7 Å². The van der Waals surface area contributed by atoms with Crippen molar-refractivity contribution in [2.24, 2.45) is 0 Å². The monoisotopic (exact) mass is 319 g/mol. The average Bonchev–Trinajstić information content (AvgIpc) is 2.56. The van der Waals surface area contributed by atoms with Crippen LogP contribution in [0.3, 0.4) is 0 Å². The Labute approximate surface area is 122 Å². The van der Waals surface area contributed by atoms with Crippen molar-refractivity contribution >= 4 is 16.1 Å². The van der Waals surface area contributed by atoms with Gasteiger partial charge in [-0.3, -0.25) is 0 Å². The van der Waals surface area contributed by atoms with Crippen LogP contribution in [0.4, 0.5) is 5.69 Å². The first-order valence-electron chi connectivity index (χ1n) is 6.09. The zero-order valence-corrected chi connectivity index (χ0v) is 12.6. The van der Waals surface area contributed by atoms with Gasteiger partial charge in [-0.2, -0.15) is 8.42 Å². The molecule has 0 spiro atoms. The smallest absolute Gasteiger partial charge is 0.403 e. The van der Waals surface area contributed by atoms with Gasteiger partial charge in [-0.15, -0.1) is 0 Å². The van der Waals surface area contributed by atoms with Gasteiger partial charge in [-0.25, -0.2) is 8.37 Å². The molecule has 4 N–H and O–H groups in total. The quantitative estimate of drug-likeness (QED) is 0.465. The average molecular weight is 319 g/mol. The maximum atomic E-state index is 11.2. The minimum absolute atomic E-state index is 0.0449. The van der Waals surface area contributed by atoms with Gasteiger partial charge in [0, 0.05) is 17.2 Å². The number of hydrogen-bond donors (Lipinski definition) is 4. The van der Waals surface area contributed by atoms with Crippen LogP contribution < -0.4 is 5.32 Å². The zero-order chi connectivity index (χ0) is 16.1. The number of aromatic hydroxyl groups is 2. The maximum Gasteiger partial charge on any atom is 0.403 e. The molecule has 9 heteroatoms. The molecule has 0 bridgehead atoms. The minimum atomic E-state index is -4.33. The third kappa shape index (κ3) is 3.38. The highest BCUT2D eigenvalue weighted by atomic mass is 32.3. The SMILES string of the molecule is CC(C)(C)Nc1c(O)cc(O)cc1C1(O)COS(=O)(=O)O1. The Hall–Kier alpha value is -1.55. The molecular weight excluding hydrogens is 302 g/mol. The second kappa shape index (κ2) is 4.73. The van der Waals surface area contributed by atoms with E-state index in [4.69, 9.17) is 0 Å². The first-order valence-corrected chi connectivity index (χ1v) is 7.42. The molecule has 0 amide bonds. The molecule has 1 aromatic carbocycles. The molecule has 21 heavy (non-hydrogen) atoms. The fraction of sp³-hybridized carbons (Fsp3) is 0.500. The lowest BCUT2D eigenvalue weighted by atomic mass is 10.00. The Morgan fingerprint density at radius 1 is 1.29 bits per heavy atom. The lowest BCUT2D eigenvalue weighted by Gasteiger charge is -2.28. The molecule has 1 atom stereocenters. The van der Waals surface area contributed by atoms with Gasteiger partial charge in [-0.05, 0) is 26.8 Å². The van der Waals surface area contributed by atoms with Gasteiger partial charge in [0.05, 0.1) is 5.69 Å². The molecule has 0 aromatic heterocycles. The third-order valence-electron chi connectivity index (χ3n) is 2.66. The van der Waals surface area contributed by atoms with Crippen LogP contribution in [-0.2, 0) is 24.6 Å². The number of phenols is 2. The summed E-state index contributed by atoms with van der Waals surface area (Å²) in [4.78, 5) is 0. The van der Waals surface area contributed by atoms with Crippen LogP contribution in [0.1, 0.15) is 26.3 Å². The highest BCUT2D eigenvalue weighted by molar-refractivity contribution is 7.82. The Kier molecular flexibility index (Phi) is 3.57. The molecule has 1 aromatic rings. The molecule has 118 valence electrons. The van der Waals surface area contributed by atoms with Crippen molar-refractivity contribution in [3.8, 4) is 11.5 Å². The van der Waals surface area contributed by atoms with Gasteiger partial charge in [0.2, 0.25) is 5.79 Å². The van der Waals surface area contributed by atoms with Crippen molar-refractivity contribution in [1.82, 2.24) is 0 Å². The second-order valence-corrected chi connectivity index (χ2v) is 7.02. The van der Waals surface area contributed by atoms with Crippen molar-refractivity contribution in [1.29, 1.82) is 0 Å². The Balaban J connectivity index is 2.57. The van der Waals surface area contributed by atoms with Crippen LogP contribution in [0.25, 0.3) is 0 Å². The van der Waals surface area contributed by atoms with Gasteiger partial charge >= 0.3 is 10.4 Å². The zero-order valence-electron chi connectivity index (χ0n) is 11.7. The molecule has 1 aliphatic heterocycles. The summed E-state index contributed by atoms with van der Waals surface area (Å²) in [6.07, 6.45) is 0. The summed E-state index contributed by atoms with van der Waals surface area (Å²) in [5.41, 5.74) is -0.600. The number of rotatable bonds is 2. The number of hydrogen-bond acceptors (Lipinski definition) is 8. The maximum absolute atomic E-state index is 11.2. The number of phenolic OH excluding ortho intramolecular Hbond substituents is 2. The van der Waals surface area contributed by atoms with Crippen molar-refractivity contribution in [3.63, 3.8) is 0 Å². The molecule has 0 aliphatic carbocycles. The fourth-order valence-corrected chi connectivity index (χ4v) is 2.75. The van der Waals surface area contributed by atoms with Crippen molar-refractivity contribution < 1.29 is 32.1 Å². The summed E-state index contributed by atoms with van der Waals surface area (Å²) in [7, 11) is -4.33. The number of benzene rings is 1. The predicted octanol–water partition coefficient (Wildman–Crippen LogP) is 0.745. The van der Waals surface area contributed by atoms with E-state index in [1.807, 2.05) is 0 Å². The standard InChI is InChI=1S/C12H17NO7S/c1-11(2,3)13-10-8(4-7(14)5-9(10)15)12(16)6-19-21(17,18)20-12/h4-5,13-16H,6H2,1-3H3. The van der Waals surface area contributed by atoms with E-state index in [-0.39, 0.29) is 22.7 Å². The van der Waals surface area contributed by atoms with Gasteiger partial charge in [0.25, 0.3) is 0 Å². The predicted molar refractivity (Wildman–Crippen MR) is 73.0 cm³/mol. The van der Waals surface area contributed by atoms with E-state index in [1.165, 1.54) is 0 Å². The number of anilines is 1. The van der Waals surface area contributed by atoms with Crippen LogP contribution >= 0.6 is 0 Å². The molecule has 1 unspecified atom stereocenters. The van der Waals surface area contributed by atoms with E-state index in [1.54, 1.807) is 20.8 Å². The molecule has 1 fully saturated rings. The lowest BCUT2D eigenvalue weighted by Crippen LogP contribution is -2.33. The van der Waals surface area contributed by atoms with E-state index in [2.05, 4.69) is 13.7 Å². The van der Waals surface area contributed by atoms with Gasteiger partial charge < -0.3 is 20.6 Å². The summed E-state index contributed by atoms with van der Waals surface area (Å²) < 4.78 is 31.4. The molecule has 1 aliphatic rings. The molecule has 8 nitrogen and oxygen atoms in total. The van der Waals surface area contributed by atoms with E-state index >= 15 is 0 Å². The topological polar surface area (TPSA) is 125 Å². The van der Waals surface area contributed by atoms with Crippen molar-refractivity contribution in [2.45, 2.75) is 32.1 Å². The Morgan fingerprint density at radius 2 is 1.90 bits per heavy atom. The van der Waals surface area contributed by atoms with E-state index in [0.717, 1.165) is 12.1 Å². The van der Waals surface area contributed by atoms with E-state index in [0.29, 0.717) is 0 Å². The number of nitrogens with one attached hydrogen (secondary N) is 1. The van der Waals surface area contributed by atoms with E-state index < -0.39 is 28.3 Å². The van der Waals surface area contributed by atoms with Crippen molar-refractivity contribution in [2.75, 3.05) is 11.9 Å². The van der Waals surface area contributed by atoms with Crippen LogP contribution in [-0.4, -0.2) is 35.9 Å². The summed E-state index contributed by atoms with van der Waals surface area (Å²) in [5.74, 6) is -3.05. The van der Waals surface area contributed by atoms with Gasteiger partial charge in [0.1, 0.15) is 18.1 Å². The number of aliphatic hydroxyl groups is 1. The highest BCUT2D eigenvalue weighted by Crippen LogP contribution is 2.43. The summed E-state index contributed by atoms with van der Waals surface area (Å²) >= 11 is 0. The molecule has 0 radical (unpaired) electrons. The van der Waals surface area contributed by atoms with Crippen LogP contribution in [0.5, 0.6) is 11.5 Å². The second-order valence-electron chi connectivity index (χ2n) is 5.80. The van der Waals surface area contributed by atoms with Gasteiger partial charge in [-0.1, -0.05) is 0 Å². The summed E-state index contributed by atoms with van der Waals surface area (Å²) in [6.45, 7) is 4.72. The molecular formula is C12H17NO7S. The highest BCUT2D eigenvalue weighted by Gasteiger charge is 2.47. The first kappa shape index (κ1) is 15.8. The summed E-state index contributed by atoms with van der Waals surface area (Å²) in [6, 6.07) is 2.16.